The predicted molar refractivity (Wildman–Crippen MR) is 209 cm³/mol. The van der Waals surface area contributed by atoms with Gasteiger partial charge in [-0.05, 0) is 165 Å². The minimum atomic E-state index is -0.249. The molecule has 6 aromatic rings. The molecule has 4 aliphatic rings. The molecule has 238 valence electrons. The zero-order chi connectivity index (χ0) is 32.7. The van der Waals surface area contributed by atoms with E-state index in [0.717, 1.165) is 12.8 Å². The van der Waals surface area contributed by atoms with Gasteiger partial charge in [0.2, 0.25) is 0 Å². The number of anilines is 3. The summed E-state index contributed by atoms with van der Waals surface area (Å²) in [5.74, 6) is 0.532. The first-order chi connectivity index (χ1) is 24.2. The summed E-state index contributed by atoms with van der Waals surface area (Å²) >= 11 is 1.80. The number of hydrogen-bond donors (Lipinski definition) is 0. The Hall–Kier alpha value is -4.79. The van der Waals surface area contributed by atoms with Crippen molar-refractivity contribution < 1.29 is 0 Å². The van der Waals surface area contributed by atoms with E-state index < -0.39 is 0 Å². The van der Waals surface area contributed by atoms with Crippen LogP contribution in [0.15, 0.2) is 138 Å². The van der Waals surface area contributed by atoms with E-state index in [-0.39, 0.29) is 5.41 Å². The molecule has 0 aromatic heterocycles. The van der Waals surface area contributed by atoms with E-state index in [1.807, 2.05) is 0 Å². The maximum absolute atomic E-state index is 2.62. The minimum absolute atomic E-state index is 0.249. The predicted octanol–water partition coefficient (Wildman–Crippen LogP) is 12.9. The number of rotatable bonds is 4. The molecule has 4 aliphatic carbocycles. The quantitative estimate of drug-likeness (QED) is 0.175. The van der Waals surface area contributed by atoms with Crippen LogP contribution in [0.2, 0.25) is 0 Å². The van der Waals surface area contributed by atoms with Crippen LogP contribution in [0.4, 0.5) is 17.1 Å². The lowest BCUT2D eigenvalue weighted by Gasteiger charge is -2.37. The maximum atomic E-state index is 2.62. The molecule has 0 radical (unpaired) electrons. The molecule has 2 atom stereocenters. The number of aryl methyl sites for hydroxylation is 1. The Kier molecular flexibility index (Phi) is 6.62. The summed E-state index contributed by atoms with van der Waals surface area (Å²) in [7, 11) is 0. The number of hydrogen-bond acceptors (Lipinski definition) is 2. The van der Waals surface area contributed by atoms with Crippen LogP contribution in [0.25, 0.3) is 33.5 Å². The molecule has 2 heteroatoms. The Morgan fingerprint density at radius 3 is 2.37 bits per heavy atom. The molecular weight excluding hydrogens is 611 g/mol. The van der Waals surface area contributed by atoms with Crippen molar-refractivity contribution >= 4 is 51.2 Å². The number of allylic oxidation sites excluding steroid dienone is 3. The minimum Gasteiger partial charge on any atom is -0.309 e. The molecular formula is C47H39NS. The summed E-state index contributed by atoms with van der Waals surface area (Å²) in [6.45, 7) is 2.50. The number of para-hydroxylation sites is 2. The van der Waals surface area contributed by atoms with Crippen molar-refractivity contribution in [2.75, 3.05) is 11.2 Å². The molecule has 0 fully saturated rings. The highest BCUT2D eigenvalue weighted by Crippen LogP contribution is 2.66. The topological polar surface area (TPSA) is 3.24 Å². The van der Waals surface area contributed by atoms with Gasteiger partial charge in [0.15, 0.2) is 0 Å². The smallest absolute Gasteiger partial charge is 0.0688 e. The Morgan fingerprint density at radius 1 is 0.673 bits per heavy atom. The summed E-state index contributed by atoms with van der Waals surface area (Å²) < 4.78 is 0. The van der Waals surface area contributed by atoms with Gasteiger partial charge < -0.3 is 4.90 Å². The standard InChI is InChI=1S/C47H39NS/c1-30-13-12-19-38-37-18-8-9-20-41(37)47(46(30)38)42-28-32-15-7-6-14-31(32)26-39(42)40-27-33-23-24-36(25-34(33)29-43(40)47)48(35-16-4-3-5-17-35)44-21-10-11-22-45(44)49-2/h3-6,8-11,14,16-18,20-30H,7,12-13,15,19H2,1-2H3. The highest BCUT2D eigenvalue weighted by atomic mass is 32.2. The first kappa shape index (κ1) is 29.2. The van der Waals surface area contributed by atoms with Gasteiger partial charge in [-0.1, -0.05) is 85.8 Å². The van der Waals surface area contributed by atoms with Crippen molar-refractivity contribution in [2.24, 2.45) is 5.92 Å². The van der Waals surface area contributed by atoms with Gasteiger partial charge in [0.25, 0.3) is 0 Å². The molecule has 6 aromatic carbocycles. The third kappa shape index (κ3) is 4.14. The number of fused-ring (bicyclic) bond motifs is 11. The van der Waals surface area contributed by atoms with E-state index in [4.69, 9.17) is 0 Å². The molecule has 0 saturated carbocycles. The zero-order valence-corrected chi connectivity index (χ0v) is 29.0. The Bertz CT molecular complexity index is 2380. The van der Waals surface area contributed by atoms with Crippen LogP contribution < -0.4 is 4.90 Å². The summed E-state index contributed by atoms with van der Waals surface area (Å²) in [5.41, 5.74) is 18.3. The van der Waals surface area contributed by atoms with Crippen LogP contribution in [-0.2, 0) is 11.8 Å². The van der Waals surface area contributed by atoms with Gasteiger partial charge in [-0.25, -0.2) is 0 Å². The van der Waals surface area contributed by atoms with Gasteiger partial charge in [0.05, 0.1) is 11.1 Å². The molecule has 1 spiro atoms. The van der Waals surface area contributed by atoms with E-state index in [9.17, 15) is 0 Å². The van der Waals surface area contributed by atoms with E-state index in [1.54, 1.807) is 22.9 Å². The number of nitrogens with zero attached hydrogens (tertiary/aromatic N) is 1. The van der Waals surface area contributed by atoms with Crippen molar-refractivity contribution in [1.82, 2.24) is 0 Å². The summed E-state index contributed by atoms with van der Waals surface area (Å²) in [4.78, 5) is 3.69. The highest BCUT2D eigenvalue weighted by Gasteiger charge is 2.54. The second kappa shape index (κ2) is 11.1. The van der Waals surface area contributed by atoms with Crippen molar-refractivity contribution in [1.29, 1.82) is 0 Å². The van der Waals surface area contributed by atoms with Crippen LogP contribution >= 0.6 is 11.8 Å². The van der Waals surface area contributed by atoms with Gasteiger partial charge in [0.1, 0.15) is 0 Å². The average Bonchev–Trinajstić information content (AvgIpc) is 3.60. The monoisotopic (exact) mass is 649 g/mol. The van der Waals surface area contributed by atoms with Crippen molar-refractivity contribution in [3.63, 3.8) is 0 Å². The van der Waals surface area contributed by atoms with Crippen LogP contribution in [0.1, 0.15) is 66.0 Å². The molecule has 49 heavy (non-hydrogen) atoms. The summed E-state index contributed by atoms with van der Waals surface area (Å²) in [5, 5.41) is 2.59. The van der Waals surface area contributed by atoms with Crippen molar-refractivity contribution in [3.05, 3.63) is 166 Å². The molecule has 0 N–H and O–H groups in total. The molecule has 0 heterocycles. The molecule has 0 bridgehead atoms. The second-order valence-electron chi connectivity index (χ2n) is 14.3. The van der Waals surface area contributed by atoms with Crippen LogP contribution in [-0.4, -0.2) is 6.26 Å². The highest BCUT2D eigenvalue weighted by molar-refractivity contribution is 7.98. The first-order valence-electron chi connectivity index (χ1n) is 17.9. The van der Waals surface area contributed by atoms with Gasteiger partial charge in [-0.2, -0.15) is 0 Å². The third-order valence-corrected chi connectivity index (χ3v) is 12.5. The second-order valence-corrected chi connectivity index (χ2v) is 15.1. The van der Waals surface area contributed by atoms with Gasteiger partial charge in [0, 0.05) is 16.3 Å². The lowest BCUT2D eigenvalue weighted by atomic mass is 9.64. The van der Waals surface area contributed by atoms with E-state index >= 15 is 0 Å². The molecule has 0 aliphatic heterocycles. The SMILES string of the molecule is CSc1ccccc1N(c1ccccc1)c1ccc2cc3c(cc2c1)C1(C2=C(CCCC2C)c2ccccc21)c1cc2c(cc1-3)C=CCC2. The van der Waals surface area contributed by atoms with Gasteiger partial charge >= 0.3 is 0 Å². The first-order valence-corrected chi connectivity index (χ1v) is 19.1. The van der Waals surface area contributed by atoms with Crippen LogP contribution in [0, 0.1) is 5.92 Å². The van der Waals surface area contributed by atoms with E-state index in [2.05, 4.69) is 152 Å². The Morgan fingerprint density at radius 2 is 1.47 bits per heavy atom. The molecule has 0 amide bonds. The number of thioether (sulfide) groups is 1. The van der Waals surface area contributed by atoms with Crippen LogP contribution in [0.3, 0.4) is 0 Å². The Labute approximate surface area is 294 Å². The van der Waals surface area contributed by atoms with Crippen molar-refractivity contribution in [2.45, 2.75) is 49.3 Å². The molecule has 0 saturated heterocycles. The summed E-state index contributed by atoms with van der Waals surface area (Å²) in [6, 6.07) is 46.4. The van der Waals surface area contributed by atoms with Crippen LogP contribution in [0.5, 0.6) is 0 Å². The van der Waals surface area contributed by atoms with E-state index in [0.29, 0.717) is 5.92 Å². The lowest BCUT2D eigenvalue weighted by molar-refractivity contribution is 0.513. The normalized spacial score (nSPS) is 19.8. The fraction of sp³-hybridized carbons (Fsp3) is 0.191. The summed E-state index contributed by atoms with van der Waals surface area (Å²) in [6.07, 6.45) is 12.8. The molecule has 10 rings (SSSR count). The lowest BCUT2D eigenvalue weighted by Crippen LogP contribution is -2.31. The fourth-order valence-electron chi connectivity index (χ4n) is 9.77. The van der Waals surface area contributed by atoms with Crippen molar-refractivity contribution in [3.8, 4) is 11.1 Å². The fourth-order valence-corrected chi connectivity index (χ4v) is 10.4. The third-order valence-electron chi connectivity index (χ3n) is 11.8. The van der Waals surface area contributed by atoms with E-state index in [1.165, 1.54) is 96.5 Å². The van der Waals surface area contributed by atoms with Gasteiger partial charge in [-0.15, -0.1) is 11.8 Å². The Balaban J connectivity index is 1.26. The molecule has 2 unspecified atom stereocenters. The largest absolute Gasteiger partial charge is 0.309 e. The number of benzene rings is 6. The van der Waals surface area contributed by atoms with Gasteiger partial charge in [-0.3, -0.25) is 0 Å². The zero-order valence-electron chi connectivity index (χ0n) is 28.2. The maximum Gasteiger partial charge on any atom is 0.0688 e. The average molecular weight is 650 g/mol. The molecule has 1 nitrogen and oxygen atoms in total.